The van der Waals surface area contributed by atoms with Gasteiger partial charge in [-0.3, -0.25) is 4.79 Å². The number of hydrogen-bond acceptors (Lipinski definition) is 3. The number of nitriles is 1. The van der Waals surface area contributed by atoms with E-state index in [1.165, 1.54) is 12.8 Å². The molecule has 1 aromatic carbocycles. The predicted molar refractivity (Wildman–Crippen MR) is 77.7 cm³/mol. The van der Waals surface area contributed by atoms with Gasteiger partial charge < -0.3 is 9.80 Å². The first kappa shape index (κ1) is 13.0. The molecule has 3 rings (SSSR count). The molecule has 2 fully saturated rings. The van der Waals surface area contributed by atoms with Gasteiger partial charge in [-0.05, 0) is 43.9 Å². The van der Waals surface area contributed by atoms with E-state index in [0.717, 1.165) is 44.7 Å². The second kappa shape index (κ2) is 5.54. The molecule has 2 heterocycles. The molecular formula is C16H19N3O. The van der Waals surface area contributed by atoms with Crippen molar-refractivity contribution in [3.63, 3.8) is 0 Å². The molecule has 0 atom stereocenters. The number of hydrogen-bond donors (Lipinski definition) is 0. The minimum absolute atomic E-state index is 0.0620. The summed E-state index contributed by atoms with van der Waals surface area (Å²) in [6.45, 7) is 3.70. The van der Waals surface area contributed by atoms with Gasteiger partial charge in [-0.2, -0.15) is 5.26 Å². The first-order valence-electron chi connectivity index (χ1n) is 7.38. The zero-order valence-electron chi connectivity index (χ0n) is 11.6. The summed E-state index contributed by atoms with van der Waals surface area (Å²) >= 11 is 0. The Balaban J connectivity index is 1.86. The van der Waals surface area contributed by atoms with Gasteiger partial charge in [0.2, 0.25) is 0 Å². The number of anilines is 1. The van der Waals surface area contributed by atoms with Crippen molar-refractivity contribution in [3.8, 4) is 6.07 Å². The Labute approximate surface area is 119 Å². The van der Waals surface area contributed by atoms with E-state index in [0.29, 0.717) is 11.1 Å². The molecular weight excluding hydrogens is 250 g/mol. The van der Waals surface area contributed by atoms with Crippen molar-refractivity contribution in [1.82, 2.24) is 4.90 Å². The minimum atomic E-state index is 0.0620. The van der Waals surface area contributed by atoms with E-state index in [1.807, 2.05) is 17.0 Å². The molecule has 0 spiro atoms. The zero-order chi connectivity index (χ0) is 13.9. The van der Waals surface area contributed by atoms with Crippen LogP contribution in [0, 0.1) is 11.3 Å². The van der Waals surface area contributed by atoms with Gasteiger partial charge in [0.1, 0.15) is 6.07 Å². The van der Waals surface area contributed by atoms with E-state index in [2.05, 4.69) is 11.0 Å². The standard InChI is InChI=1S/C16H19N3O/c17-12-14-11-13(16(20)19-9-3-4-10-19)5-6-15(14)18-7-1-2-8-18/h5-6,11H,1-4,7-10H2. The maximum absolute atomic E-state index is 12.4. The van der Waals surface area contributed by atoms with Crippen molar-refractivity contribution in [2.24, 2.45) is 0 Å². The lowest BCUT2D eigenvalue weighted by atomic mass is 10.1. The van der Waals surface area contributed by atoms with Crippen LogP contribution in [0.3, 0.4) is 0 Å². The highest BCUT2D eigenvalue weighted by molar-refractivity contribution is 5.95. The van der Waals surface area contributed by atoms with Crippen LogP contribution in [0.15, 0.2) is 18.2 Å². The molecule has 4 nitrogen and oxygen atoms in total. The zero-order valence-corrected chi connectivity index (χ0v) is 11.6. The summed E-state index contributed by atoms with van der Waals surface area (Å²) in [4.78, 5) is 16.5. The summed E-state index contributed by atoms with van der Waals surface area (Å²) in [7, 11) is 0. The fraction of sp³-hybridized carbons (Fsp3) is 0.500. The average Bonchev–Trinajstić information content (AvgIpc) is 3.18. The summed E-state index contributed by atoms with van der Waals surface area (Å²) in [6, 6.07) is 7.81. The molecule has 4 heteroatoms. The van der Waals surface area contributed by atoms with Crippen molar-refractivity contribution in [2.75, 3.05) is 31.1 Å². The highest BCUT2D eigenvalue weighted by atomic mass is 16.2. The third-order valence-corrected chi connectivity index (χ3v) is 4.20. The maximum atomic E-state index is 12.4. The van der Waals surface area contributed by atoms with E-state index in [-0.39, 0.29) is 5.91 Å². The van der Waals surface area contributed by atoms with E-state index in [1.54, 1.807) is 6.07 Å². The fourth-order valence-electron chi connectivity index (χ4n) is 3.10. The van der Waals surface area contributed by atoms with Crippen LogP contribution >= 0.6 is 0 Å². The molecule has 1 amide bonds. The first-order chi connectivity index (χ1) is 9.79. The quantitative estimate of drug-likeness (QED) is 0.828. The lowest BCUT2D eigenvalue weighted by Gasteiger charge is -2.20. The van der Waals surface area contributed by atoms with Crippen LogP contribution in [0.25, 0.3) is 0 Å². The fourth-order valence-corrected chi connectivity index (χ4v) is 3.10. The molecule has 2 aliphatic heterocycles. The Hall–Kier alpha value is -2.02. The molecule has 0 aliphatic carbocycles. The van der Waals surface area contributed by atoms with E-state index in [9.17, 15) is 10.1 Å². The van der Waals surface area contributed by atoms with Crippen LogP contribution in [0.1, 0.15) is 41.6 Å². The number of carbonyl (C=O) groups is 1. The summed E-state index contributed by atoms with van der Waals surface area (Å²) in [5.41, 5.74) is 2.24. The van der Waals surface area contributed by atoms with Crippen molar-refractivity contribution in [1.29, 1.82) is 5.26 Å². The molecule has 20 heavy (non-hydrogen) atoms. The van der Waals surface area contributed by atoms with Crippen molar-refractivity contribution in [2.45, 2.75) is 25.7 Å². The van der Waals surface area contributed by atoms with Gasteiger partial charge in [-0.1, -0.05) is 0 Å². The normalized spacial score (nSPS) is 18.4. The van der Waals surface area contributed by atoms with Gasteiger partial charge in [0.15, 0.2) is 0 Å². The van der Waals surface area contributed by atoms with Gasteiger partial charge in [-0.25, -0.2) is 0 Å². The Morgan fingerprint density at radius 3 is 2.35 bits per heavy atom. The van der Waals surface area contributed by atoms with Gasteiger partial charge in [0.25, 0.3) is 5.91 Å². The molecule has 0 bridgehead atoms. The van der Waals surface area contributed by atoms with Crippen LogP contribution in [0.4, 0.5) is 5.69 Å². The van der Waals surface area contributed by atoms with Crippen LogP contribution < -0.4 is 4.90 Å². The van der Waals surface area contributed by atoms with E-state index >= 15 is 0 Å². The number of benzene rings is 1. The highest BCUT2D eigenvalue weighted by Gasteiger charge is 2.22. The van der Waals surface area contributed by atoms with Gasteiger partial charge >= 0.3 is 0 Å². The largest absolute Gasteiger partial charge is 0.370 e. The Morgan fingerprint density at radius 1 is 1.05 bits per heavy atom. The lowest BCUT2D eigenvalue weighted by molar-refractivity contribution is 0.0793. The second-order valence-electron chi connectivity index (χ2n) is 5.54. The molecule has 0 aromatic heterocycles. The summed E-state index contributed by atoms with van der Waals surface area (Å²) in [6.07, 6.45) is 4.53. The Bertz CT molecular complexity index is 549. The third kappa shape index (κ3) is 2.36. The number of carbonyl (C=O) groups excluding carboxylic acids is 1. The molecule has 0 radical (unpaired) electrons. The van der Waals surface area contributed by atoms with E-state index < -0.39 is 0 Å². The number of likely N-dealkylation sites (tertiary alicyclic amines) is 1. The van der Waals surface area contributed by atoms with Crippen LogP contribution in [-0.2, 0) is 0 Å². The average molecular weight is 269 g/mol. The summed E-state index contributed by atoms with van der Waals surface area (Å²) < 4.78 is 0. The van der Waals surface area contributed by atoms with Crippen LogP contribution in [-0.4, -0.2) is 37.0 Å². The van der Waals surface area contributed by atoms with Crippen molar-refractivity contribution >= 4 is 11.6 Å². The second-order valence-corrected chi connectivity index (χ2v) is 5.54. The minimum Gasteiger partial charge on any atom is -0.370 e. The first-order valence-corrected chi connectivity index (χ1v) is 7.38. The highest BCUT2D eigenvalue weighted by Crippen LogP contribution is 2.26. The van der Waals surface area contributed by atoms with Gasteiger partial charge in [0.05, 0.1) is 11.3 Å². The summed E-state index contributed by atoms with van der Waals surface area (Å²) in [5.74, 6) is 0.0620. The molecule has 0 saturated carbocycles. The Morgan fingerprint density at radius 2 is 1.70 bits per heavy atom. The van der Waals surface area contributed by atoms with Crippen molar-refractivity contribution in [3.05, 3.63) is 29.3 Å². The summed E-state index contributed by atoms with van der Waals surface area (Å²) in [5, 5.41) is 9.35. The molecule has 1 aromatic rings. The van der Waals surface area contributed by atoms with E-state index in [4.69, 9.17) is 0 Å². The smallest absolute Gasteiger partial charge is 0.253 e. The number of nitrogens with zero attached hydrogens (tertiary/aromatic N) is 3. The van der Waals surface area contributed by atoms with Crippen LogP contribution in [0.2, 0.25) is 0 Å². The molecule has 0 unspecified atom stereocenters. The Kier molecular flexibility index (Phi) is 3.60. The topological polar surface area (TPSA) is 47.3 Å². The van der Waals surface area contributed by atoms with Gasteiger partial charge in [-0.15, -0.1) is 0 Å². The molecule has 104 valence electrons. The van der Waals surface area contributed by atoms with Crippen LogP contribution in [0.5, 0.6) is 0 Å². The third-order valence-electron chi connectivity index (χ3n) is 4.20. The van der Waals surface area contributed by atoms with Crippen molar-refractivity contribution < 1.29 is 4.79 Å². The molecule has 2 saturated heterocycles. The van der Waals surface area contributed by atoms with Gasteiger partial charge in [0, 0.05) is 31.7 Å². The SMILES string of the molecule is N#Cc1cc(C(=O)N2CCCC2)ccc1N1CCCC1. The molecule has 0 N–H and O–H groups in total. The number of amides is 1. The predicted octanol–water partition coefficient (Wildman–Crippen LogP) is 2.39. The molecule has 2 aliphatic rings. The monoisotopic (exact) mass is 269 g/mol. The maximum Gasteiger partial charge on any atom is 0.253 e. The lowest BCUT2D eigenvalue weighted by Crippen LogP contribution is -2.28. The number of rotatable bonds is 2.